The Hall–Kier alpha value is -0.700. The van der Waals surface area contributed by atoms with Gasteiger partial charge in [-0.3, -0.25) is 0 Å². The number of thiocarbonyl (C=S) groups is 2. The molecule has 8 heteroatoms. The SMILES string of the molecule is CCCCNC(=S)OC(C)N(CCCN)C(C)OC(=S)NCCCC. The van der Waals surface area contributed by atoms with E-state index in [2.05, 4.69) is 29.4 Å². The highest BCUT2D eigenvalue weighted by Crippen LogP contribution is 2.10. The Morgan fingerprint density at radius 3 is 1.72 bits per heavy atom. The number of nitrogens with one attached hydrogen (secondary N) is 2. The lowest BCUT2D eigenvalue weighted by Crippen LogP contribution is -2.47. The monoisotopic (exact) mass is 392 g/mol. The van der Waals surface area contributed by atoms with Crippen LogP contribution >= 0.6 is 24.4 Å². The zero-order chi connectivity index (χ0) is 19.1. The van der Waals surface area contributed by atoms with Crippen molar-refractivity contribution in [3.05, 3.63) is 0 Å². The summed E-state index contributed by atoms with van der Waals surface area (Å²) in [5.74, 6) is 0. The molecule has 0 aromatic carbocycles. The Morgan fingerprint density at radius 2 is 1.36 bits per heavy atom. The van der Waals surface area contributed by atoms with E-state index in [1.807, 2.05) is 13.8 Å². The molecule has 148 valence electrons. The van der Waals surface area contributed by atoms with Crippen molar-refractivity contribution in [2.24, 2.45) is 5.73 Å². The fourth-order valence-corrected chi connectivity index (χ4v) is 2.68. The maximum atomic E-state index is 5.82. The summed E-state index contributed by atoms with van der Waals surface area (Å²) in [7, 11) is 0. The number of ether oxygens (including phenoxy) is 2. The molecule has 0 aliphatic heterocycles. The molecule has 2 atom stereocenters. The molecule has 25 heavy (non-hydrogen) atoms. The lowest BCUT2D eigenvalue weighted by molar-refractivity contribution is -0.0710. The third kappa shape index (κ3) is 12.3. The van der Waals surface area contributed by atoms with Crippen LogP contribution in [0.2, 0.25) is 0 Å². The third-order valence-corrected chi connectivity index (χ3v) is 4.19. The van der Waals surface area contributed by atoms with Gasteiger partial charge in [-0.05, 0) is 64.1 Å². The molecule has 0 saturated heterocycles. The first-order valence-electron chi connectivity index (χ1n) is 9.30. The van der Waals surface area contributed by atoms with Crippen LogP contribution in [0.1, 0.15) is 59.8 Å². The summed E-state index contributed by atoms with van der Waals surface area (Å²) in [5, 5.41) is 7.06. The van der Waals surface area contributed by atoms with Gasteiger partial charge < -0.3 is 25.8 Å². The molecule has 0 bridgehead atoms. The van der Waals surface area contributed by atoms with E-state index in [1.165, 1.54) is 0 Å². The van der Waals surface area contributed by atoms with Crippen molar-refractivity contribution in [1.29, 1.82) is 0 Å². The molecule has 6 nitrogen and oxygen atoms in total. The van der Waals surface area contributed by atoms with E-state index in [4.69, 9.17) is 39.6 Å². The van der Waals surface area contributed by atoms with Crippen LogP contribution < -0.4 is 16.4 Å². The molecule has 0 saturated carbocycles. The summed E-state index contributed by atoms with van der Waals surface area (Å²) < 4.78 is 11.6. The molecule has 0 fully saturated rings. The zero-order valence-electron chi connectivity index (χ0n) is 16.2. The van der Waals surface area contributed by atoms with Crippen LogP contribution in [0.4, 0.5) is 0 Å². The first-order chi connectivity index (χ1) is 12.0. The minimum atomic E-state index is -0.235. The fourth-order valence-electron chi connectivity index (χ4n) is 2.20. The molecular weight excluding hydrogens is 356 g/mol. The average Bonchev–Trinajstić information content (AvgIpc) is 2.55. The Balaban J connectivity index is 4.52. The Kier molecular flexibility index (Phi) is 15.1. The van der Waals surface area contributed by atoms with E-state index in [1.54, 1.807) is 0 Å². The quantitative estimate of drug-likeness (QED) is 0.251. The summed E-state index contributed by atoms with van der Waals surface area (Å²) in [4.78, 5) is 2.06. The average molecular weight is 393 g/mol. The van der Waals surface area contributed by atoms with Gasteiger partial charge in [0.15, 0.2) is 12.5 Å². The molecule has 0 aromatic heterocycles. The Labute approximate surface area is 164 Å². The van der Waals surface area contributed by atoms with Gasteiger partial charge in [0.1, 0.15) is 0 Å². The van der Waals surface area contributed by atoms with Crippen LogP contribution in [0.25, 0.3) is 0 Å². The number of rotatable bonds is 13. The Morgan fingerprint density at radius 1 is 0.920 bits per heavy atom. The lowest BCUT2D eigenvalue weighted by Gasteiger charge is -2.34. The molecule has 0 spiro atoms. The first-order valence-corrected chi connectivity index (χ1v) is 10.1. The summed E-state index contributed by atoms with van der Waals surface area (Å²) in [6.07, 6.45) is 4.72. The van der Waals surface area contributed by atoms with Gasteiger partial charge >= 0.3 is 0 Å². The maximum Gasteiger partial charge on any atom is 0.258 e. The highest BCUT2D eigenvalue weighted by atomic mass is 32.1. The summed E-state index contributed by atoms with van der Waals surface area (Å²) >= 11 is 10.5. The molecule has 4 N–H and O–H groups in total. The molecule has 0 aliphatic rings. The summed E-state index contributed by atoms with van der Waals surface area (Å²) in [6.45, 7) is 11.2. The molecule has 0 aliphatic carbocycles. The second kappa shape index (κ2) is 15.5. The first kappa shape index (κ1) is 24.3. The largest absolute Gasteiger partial charge is 0.452 e. The smallest absolute Gasteiger partial charge is 0.258 e. The maximum absolute atomic E-state index is 5.82. The number of hydrogen-bond donors (Lipinski definition) is 3. The normalized spacial score (nSPS) is 13.2. The predicted molar refractivity (Wildman–Crippen MR) is 112 cm³/mol. The molecule has 0 radical (unpaired) electrons. The van der Waals surface area contributed by atoms with Crippen molar-refractivity contribution < 1.29 is 9.47 Å². The fraction of sp³-hybridized carbons (Fsp3) is 0.882. The van der Waals surface area contributed by atoms with Crippen LogP contribution in [0.5, 0.6) is 0 Å². The van der Waals surface area contributed by atoms with Crippen molar-refractivity contribution in [1.82, 2.24) is 15.5 Å². The van der Waals surface area contributed by atoms with E-state index in [0.29, 0.717) is 16.9 Å². The van der Waals surface area contributed by atoms with Gasteiger partial charge in [0.05, 0.1) is 0 Å². The van der Waals surface area contributed by atoms with Crippen LogP contribution in [0, 0.1) is 0 Å². The predicted octanol–water partition coefficient (Wildman–Crippen LogP) is 2.71. The van der Waals surface area contributed by atoms with Crippen LogP contribution in [0.15, 0.2) is 0 Å². The van der Waals surface area contributed by atoms with Crippen molar-refractivity contribution in [3.63, 3.8) is 0 Å². The number of hydrogen-bond acceptors (Lipinski definition) is 6. The van der Waals surface area contributed by atoms with Gasteiger partial charge in [-0.1, -0.05) is 26.7 Å². The van der Waals surface area contributed by atoms with E-state index < -0.39 is 0 Å². The highest BCUT2D eigenvalue weighted by Gasteiger charge is 2.23. The Bertz CT molecular complexity index is 343. The molecule has 2 unspecified atom stereocenters. The molecular formula is C17H36N4O2S2. The highest BCUT2D eigenvalue weighted by molar-refractivity contribution is 7.80. The van der Waals surface area contributed by atoms with Gasteiger partial charge in [0.2, 0.25) is 0 Å². The molecule has 0 rings (SSSR count). The molecule has 0 heterocycles. The summed E-state index contributed by atoms with van der Waals surface area (Å²) in [5.41, 5.74) is 5.66. The van der Waals surface area contributed by atoms with Gasteiger partial charge in [-0.2, -0.15) is 0 Å². The number of nitrogens with two attached hydrogens (primary N) is 1. The van der Waals surface area contributed by atoms with E-state index >= 15 is 0 Å². The van der Waals surface area contributed by atoms with Crippen molar-refractivity contribution in [2.45, 2.75) is 72.3 Å². The topological polar surface area (TPSA) is 71.8 Å². The minimum Gasteiger partial charge on any atom is -0.452 e. The second-order valence-electron chi connectivity index (χ2n) is 5.95. The molecule has 0 aromatic rings. The number of unbranched alkanes of at least 4 members (excludes halogenated alkanes) is 2. The van der Waals surface area contributed by atoms with Crippen molar-refractivity contribution in [3.8, 4) is 0 Å². The van der Waals surface area contributed by atoms with Crippen LogP contribution in [-0.4, -0.2) is 53.9 Å². The van der Waals surface area contributed by atoms with Crippen molar-refractivity contribution >= 4 is 34.8 Å². The van der Waals surface area contributed by atoms with Crippen LogP contribution in [-0.2, 0) is 9.47 Å². The van der Waals surface area contributed by atoms with Gasteiger partial charge in [0.25, 0.3) is 10.3 Å². The van der Waals surface area contributed by atoms with E-state index in [-0.39, 0.29) is 12.5 Å². The van der Waals surface area contributed by atoms with Gasteiger partial charge in [-0.25, -0.2) is 4.90 Å². The standard InChI is InChI=1S/C17H36N4O2S2/c1-5-7-11-19-16(24)22-14(3)21(13-9-10-18)15(4)23-17(25)20-12-8-6-2/h14-15H,5-13,18H2,1-4H3,(H,19,24)(H,20,25). The summed E-state index contributed by atoms with van der Waals surface area (Å²) in [6, 6.07) is 0. The van der Waals surface area contributed by atoms with Gasteiger partial charge in [0, 0.05) is 19.6 Å². The lowest BCUT2D eigenvalue weighted by atomic mass is 10.3. The molecule has 0 amide bonds. The zero-order valence-corrected chi connectivity index (χ0v) is 17.8. The van der Waals surface area contributed by atoms with Gasteiger partial charge in [-0.15, -0.1) is 0 Å². The van der Waals surface area contributed by atoms with E-state index in [0.717, 1.165) is 51.7 Å². The van der Waals surface area contributed by atoms with Crippen LogP contribution in [0.3, 0.4) is 0 Å². The third-order valence-electron chi connectivity index (χ3n) is 3.71. The number of nitrogens with zero attached hydrogens (tertiary/aromatic N) is 1. The minimum absolute atomic E-state index is 0.235. The van der Waals surface area contributed by atoms with Crippen molar-refractivity contribution in [2.75, 3.05) is 26.2 Å². The van der Waals surface area contributed by atoms with E-state index in [9.17, 15) is 0 Å². The second-order valence-corrected chi connectivity index (χ2v) is 6.69.